The minimum absolute atomic E-state index is 0.478. The lowest BCUT2D eigenvalue weighted by molar-refractivity contribution is 0.877. The molecule has 4 aromatic rings. The molecule has 0 bridgehead atoms. The monoisotopic (exact) mass is 376 g/mol. The van der Waals surface area contributed by atoms with Gasteiger partial charge in [-0.15, -0.1) is 16.5 Å². The summed E-state index contributed by atoms with van der Waals surface area (Å²) in [5.41, 5.74) is 7.73. The minimum atomic E-state index is -0.478. The highest BCUT2D eigenvalue weighted by Crippen LogP contribution is 2.48. The number of fused-ring (bicyclic) bond motifs is 3. The third kappa shape index (κ3) is 2.48. The smallest absolute Gasteiger partial charge is 0.182 e. The first-order valence-electron chi connectivity index (χ1n) is 8.19. The normalized spacial score (nSPS) is 15.7. The maximum atomic E-state index is 6.36. The van der Waals surface area contributed by atoms with E-state index in [0.29, 0.717) is 0 Å². The molecule has 1 aliphatic heterocycles. The van der Waals surface area contributed by atoms with Crippen molar-refractivity contribution in [3.63, 3.8) is 0 Å². The Morgan fingerprint density at radius 2 is 1.62 bits per heavy atom. The molecule has 4 nitrogen and oxygen atoms in total. The van der Waals surface area contributed by atoms with E-state index in [1.54, 1.807) is 11.3 Å². The van der Waals surface area contributed by atoms with Crippen LogP contribution in [0, 0.1) is 0 Å². The number of alkyl halides is 1. The quantitative estimate of drug-likeness (QED) is 0.314. The molecule has 0 saturated heterocycles. The van der Waals surface area contributed by atoms with Gasteiger partial charge in [0.1, 0.15) is 4.83 Å². The number of benzene rings is 2. The van der Waals surface area contributed by atoms with Gasteiger partial charge in [0, 0.05) is 10.9 Å². The number of nitrogens with zero attached hydrogens (tertiary/aromatic N) is 3. The third-order valence-corrected chi connectivity index (χ3v) is 5.95. The van der Waals surface area contributed by atoms with Crippen molar-refractivity contribution < 1.29 is 0 Å². The molecule has 0 amide bonds. The molecule has 0 radical (unpaired) electrons. The average molecular weight is 377 g/mol. The topological polar surface area (TPSA) is 49.6 Å². The second kappa shape index (κ2) is 6.20. The van der Waals surface area contributed by atoms with Crippen LogP contribution in [0.5, 0.6) is 0 Å². The summed E-state index contributed by atoms with van der Waals surface area (Å²) in [6.45, 7) is 0. The Morgan fingerprint density at radius 3 is 2.35 bits per heavy atom. The summed E-state index contributed by atoms with van der Waals surface area (Å²) < 4.78 is 0. The van der Waals surface area contributed by atoms with Crippen LogP contribution in [0.15, 0.2) is 77.1 Å². The zero-order valence-electron chi connectivity index (χ0n) is 13.6. The van der Waals surface area contributed by atoms with E-state index in [1.807, 2.05) is 36.4 Å². The Kier molecular flexibility index (Phi) is 3.69. The van der Waals surface area contributed by atoms with E-state index in [-0.39, 0.29) is 0 Å². The van der Waals surface area contributed by atoms with Crippen molar-refractivity contribution in [2.24, 2.45) is 10.3 Å². The maximum Gasteiger partial charge on any atom is 0.182 e. The van der Waals surface area contributed by atoms with Gasteiger partial charge < -0.3 is 0 Å². The Balaban J connectivity index is 1.84. The first kappa shape index (κ1) is 15.5. The van der Waals surface area contributed by atoms with E-state index in [1.165, 1.54) is 0 Å². The highest BCUT2D eigenvalue weighted by Gasteiger charge is 2.25. The van der Waals surface area contributed by atoms with Crippen LogP contribution in [0.25, 0.3) is 32.6 Å². The molecule has 126 valence electrons. The molecule has 1 atom stereocenters. The number of hydrogen-bond donors (Lipinski definition) is 1. The van der Waals surface area contributed by atoms with Gasteiger partial charge in [-0.25, -0.2) is 4.98 Å². The number of rotatable bonds is 2. The first-order chi connectivity index (χ1) is 12.8. The lowest BCUT2D eigenvalue weighted by atomic mass is 9.99. The summed E-state index contributed by atoms with van der Waals surface area (Å²) in [6.07, 6.45) is 0. The highest BCUT2D eigenvalue weighted by molar-refractivity contribution is 7.19. The van der Waals surface area contributed by atoms with Crippen molar-refractivity contribution in [3.05, 3.63) is 71.6 Å². The van der Waals surface area contributed by atoms with E-state index in [2.05, 4.69) is 46.1 Å². The van der Waals surface area contributed by atoms with Gasteiger partial charge >= 0.3 is 0 Å². The third-order valence-electron chi connectivity index (χ3n) is 4.38. The number of hydrogen-bond acceptors (Lipinski definition) is 5. The zero-order chi connectivity index (χ0) is 17.5. The Morgan fingerprint density at radius 1 is 0.923 bits per heavy atom. The largest absolute Gasteiger partial charge is 0.258 e. The average Bonchev–Trinajstić information content (AvgIpc) is 3.09. The van der Waals surface area contributed by atoms with Gasteiger partial charge in [-0.2, -0.15) is 0 Å². The van der Waals surface area contributed by atoms with Crippen molar-refractivity contribution in [2.75, 3.05) is 5.43 Å². The SMILES string of the molecule is ClC1N=NNc2c1sc1nc(-c3ccccc3)cc(-c3ccccc3)c21. The summed E-state index contributed by atoms with van der Waals surface area (Å²) in [5, 5.41) is 9.01. The number of aromatic nitrogens is 1. The van der Waals surface area contributed by atoms with E-state index < -0.39 is 5.50 Å². The van der Waals surface area contributed by atoms with Gasteiger partial charge in [0.15, 0.2) is 5.50 Å². The number of anilines is 1. The van der Waals surface area contributed by atoms with Crippen LogP contribution in [-0.4, -0.2) is 4.98 Å². The minimum Gasteiger partial charge on any atom is -0.258 e. The fourth-order valence-electron chi connectivity index (χ4n) is 3.18. The van der Waals surface area contributed by atoms with Crippen molar-refractivity contribution in [3.8, 4) is 22.4 Å². The summed E-state index contributed by atoms with van der Waals surface area (Å²) in [7, 11) is 0. The molecule has 0 fully saturated rings. The second-order valence-electron chi connectivity index (χ2n) is 5.97. The molecular weight excluding hydrogens is 364 g/mol. The van der Waals surface area contributed by atoms with Gasteiger partial charge in [0.25, 0.3) is 0 Å². The molecular formula is C20H13ClN4S. The van der Waals surface area contributed by atoms with Crippen LogP contribution in [-0.2, 0) is 0 Å². The molecule has 2 aromatic heterocycles. The van der Waals surface area contributed by atoms with E-state index in [4.69, 9.17) is 16.6 Å². The van der Waals surface area contributed by atoms with Crippen LogP contribution in [0.4, 0.5) is 5.69 Å². The molecule has 0 spiro atoms. The molecule has 1 aliphatic rings. The number of thiophene rings is 1. The summed E-state index contributed by atoms with van der Waals surface area (Å²) in [5.74, 6) is 0. The fourth-order valence-corrected chi connectivity index (χ4v) is 4.53. The van der Waals surface area contributed by atoms with Crippen LogP contribution >= 0.6 is 22.9 Å². The van der Waals surface area contributed by atoms with Gasteiger partial charge in [-0.3, -0.25) is 5.43 Å². The predicted octanol–water partition coefficient (Wildman–Crippen LogP) is 6.66. The fraction of sp³-hybridized carbons (Fsp3) is 0.0500. The number of nitrogens with one attached hydrogen (secondary N) is 1. The zero-order valence-corrected chi connectivity index (χ0v) is 15.1. The molecule has 2 aromatic carbocycles. The van der Waals surface area contributed by atoms with Crippen molar-refractivity contribution in [1.82, 2.24) is 4.98 Å². The van der Waals surface area contributed by atoms with E-state index >= 15 is 0 Å². The first-order valence-corrected chi connectivity index (χ1v) is 9.45. The Labute approximate surface area is 159 Å². The maximum absolute atomic E-state index is 6.36. The van der Waals surface area contributed by atoms with Crippen LogP contribution < -0.4 is 5.43 Å². The van der Waals surface area contributed by atoms with Crippen LogP contribution in [0.3, 0.4) is 0 Å². The lowest BCUT2D eigenvalue weighted by Gasteiger charge is -2.12. The van der Waals surface area contributed by atoms with E-state index in [0.717, 1.165) is 43.2 Å². The molecule has 1 unspecified atom stereocenters. The number of pyridine rings is 1. The summed E-state index contributed by atoms with van der Waals surface area (Å²) >= 11 is 7.92. The predicted molar refractivity (Wildman–Crippen MR) is 108 cm³/mol. The summed E-state index contributed by atoms with van der Waals surface area (Å²) in [6, 6.07) is 22.7. The Bertz CT molecular complexity index is 1120. The standard InChI is InChI=1S/C20H13ClN4S/c21-19-18-17(23-25-24-19)16-14(12-7-3-1-4-8-12)11-15(22-20(16)26-18)13-9-5-2-6-10-13/h1-11,19H,(H,23,24). The molecule has 1 N–H and O–H groups in total. The second-order valence-corrected chi connectivity index (χ2v) is 7.42. The lowest BCUT2D eigenvalue weighted by Crippen LogP contribution is -1.98. The molecule has 0 aliphatic carbocycles. The van der Waals surface area contributed by atoms with Gasteiger partial charge in [0.2, 0.25) is 0 Å². The van der Waals surface area contributed by atoms with Crippen molar-refractivity contribution in [2.45, 2.75) is 5.50 Å². The van der Waals surface area contributed by atoms with Crippen molar-refractivity contribution >= 4 is 38.8 Å². The van der Waals surface area contributed by atoms with Crippen molar-refractivity contribution in [1.29, 1.82) is 0 Å². The molecule has 6 heteroatoms. The van der Waals surface area contributed by atoms with E-state index in [9.17, 15) is 0 Å². The van der Waals surface area contributed by atoms with Crippen LogP contribution in [0.1, 0.15) is 10.4 Å². The molecule has 5 rings (SSSR count). The van der Waals surface area contributed by atoms with Gasteiger partial charge in [-0.1, -0.05) is 77.5 Å². The highest BCUT2D eigenvalue weighted by atomic mass is 35.5. The summed E-state index contributed by atoms with van der Waals surface area (Å²) in [4.78, 5) is 6.79. The number of halogens is 1. The molecule has 26 heavy (non-hydrogen) atoms. The Hall–Kier alpha value is -2.76. The van der Waals surface area contributed by atoms with Gasteiger partial charge in [0.05, 0.1) is 16.3 Å². The van der Waals surface area contributed by atoms with Crippen LogP contribution in [0.2, 0.25) is 0 Å². The van der Waals surface area contributed by atoms with Gasteiger partial charge in [-0.05, 0) is 17.2 Å². The molecule has 0 saturated carbocycles. The molecule has 3 heterocycles.